The molecule has 2 aromatic rings. The van der Waals surface area contributed by atoms with Gasteiger partial charge in [-0.1, -0.05) is 41.9 Å². The summed E-state index contributed by atoms with van der Waals surface area (Å²) in [7, 11) is 0. The summed E-state index contributed by atoms with van der Waals surface area (Å²) in [5, 5.41) is 14.7. The molecule has 6 nitrogen and oxygen atoms in total. The zero-order valence-electron chi connectivity index (χ0n) is 15.2. The van der Waals surface area contributed by atoms with E-state index in [4.69, 9.17) is 21.6 Å². The van der Waals surface area contributed by atoms with E-state index in [9.17, 15) is 9.59 Å². The topological polar surface area (TPSA) is 91.2 Å². The molecular weight excluding hydrogens is 378 g/mol. The van der Waals surface area contributed by atoms with Gasteiger partial charge in [-0.2, -0.15) is 5.26 Å². The highest BCUT2D eigenvalue weighted by Gasteiger charge is 2.35. The summed E-state index contributed by atoms with van der Waals surface area (Å²) in [5.41, 5.74) is 1.28. The number of anilines is 1. The number of nitriles is 1. The quantitative estimate of drug-likeness (QED) is 0.776. The number of hydrogen-bond donors (Lipinski definition) is 2. The SMILES string of the molecule is N#Cc1ccc(Cl)cc1NC(=O)C(=O)NCC1(c2ccccc2)CCOCC1. The van der Waals surface area contributed by atoms with Gasteiger partial charge in [-0.05, 0) is 36.6 Å². The Morgan fingerprint density at radius 2 is 1.82 bits per heavy atom. The first-order valence-electron chi connectivity index (χ1n) is 8.96. The predicted molar refractivity (Wildman–Crippen MR) is 106 cm³/mol. The summed E-state index contributed by atoms with van der Waals surface area (Å²) in [6.07, 6.45) is 1.51. The summed E-state index contributed by atoms with van der Waals surface area (Å²) in [6, 6.07) is 16.4. The van der Waals surface area contributed by atoms with Crippen LogP contribution in [-0.4, -0.2) is 31.6 Å². The number of amides is 2. The Balaban J connectivity index is 1.69. The van der Waals surface area contributed by atoms with Crippen molar-refractivity contribution in [1.29, 1.82) is 5.26 Å². The Labute approximate surface area is 168 Å². The maximum atomic E-state index is 12.4. The lowest BCUT2D eigenvalue weighted by molar-refractivity contribution is -0.136. The second kappa shape index (κ2) is 8.87. The molecule has 0 saturated carbocycles. The summed E-state index contributed by atoms with van der Waals surface area (Å²) < 4.78 is 5.48. The van der Waals surface area contributed by atoms with Gasteiger partial charge in [0.15, 0.2) is 0 Å². The lowest BCUT2D eigenvalue weighted by atomic mass is 9.74. The molecule has 0 aromatic heterocycles. The van der Waals surface area contributed by atoms with Crippen molar-refractivity contribution in [3.63, 3.8) is 0 Å². The lowest BCUT2D eigenvalue weighted by Gasteiger charge is -2.37. The molecule has 2 amide bonds. The highest BCUT2D eigenvalue weighted by atomic mass is 35.5. The Hall–Kier alpha value is -2.88. The van der Waals surface area contributed by atoms with Crippen LogP contribution in [0.4, 0.5) is 5.69 Å². The fourth-order valence-corrected chi connectivity index (χ4v) is 3.52. The molecule has 1 fully saturated rings. The van der Waals surface area contributed by atoms with Crippen LogP contribution in [0.3, 0.4) is 0 Å². The first-order chi connectivity index (χ1) is 13.5. The Bertz CT molecular complexity index is 903. The summed E-state index contributed by atoms with van der Waals surface area (Å²) >= 11 is 5.91. The third-order valence-electron chi connectivity index (χ3n) is 4.98. The number of halogens is 1. The van der Waals surface area contributed by atoms with Gasteiger partial charge in [-0.25, -0.2) is 0 Å². The van der Waals surface area contributed by atoms with Gasteiger partial charge in [0, 0.05) is 30.2 Å². The van der Waals surface area contributed by atoms with Gasteiger partial charge in [-0.3, -0.25) is 9.59 Å². The zero-order chi connectivity index (χ0) is 20.0. The number of nitrogens with one attached hydrogen (secondary N) is 2. The Kier molecular flexibility index (Phi) is 6.30. The van der Waals surface area contributed by atoms with Crippen molar-refractivity contribution in [2.24, 2.45) is 0 Å². The first-order valence-corrected chi connectivity index (χ1v) is 9.34. The van der Waals surface area contributed by atoms with Crippen molar-refractivity contribution in [2.45, 2.75) is 18.3 Å². The molecule has 144 valence electrons. The van der Waals surface area contributed by atoms with Crippen LogP contribution in [0.2, 0.25) is 5.02 Å². The molecule has 0 radical (unpaired) electrons. The van der Waals surface area contributed by atoms with E-state index in [0.29, 0.717) is 24.8 Å². The van der Waals surface area contributed by atoms with Gasteiger partial charge < -0.3 is 15.4 Å². The Morgan fingerprint density at radius 3 is 2.50 bits per heavy atom. The second-order valence-corrected chi connectivity index (χ2v) is 7.13. The molecule has 0 unspecified atom stereocenters. The standard InChI is InChI=1S/C21H20ClN3O3/c22-17-7-6-15(13-23)18(12-17)25-20(27)19(26)24-14-21(8-10-28-11-9-21)16-4-2-1-3-5-16/h1-7,12H,8-11,14H2,(H,24,26)(H,25,27). The van der Waals surface area contributed by atoms with Gasteiger partial charge in [0.25, 0.3) is 0 Å². The normalized spacial score (nSPS) is 15.3. The van der Waals surface area contributed by atoms with Gasteiger partial charge in [-0.15, -0.1) is 0 Å². The highest BCUT2D eigenvalue weighted by Crippen LogP contribution is 2.34. The molecular formula is C21H20ClN3O3. The van der Waals surface area contributed by atoms with E-state index in [0.717, 1.165) is 18.4 Å². The third kappa shape index (κ3) is 4.50. The van der Waals surface area contributed by atoms with E-state index in [1.807, 2.05) is 36.4 Å². The molecule has 1 aliphatic rings. The van der Waals surface area contributed by atoms with Crippen LogP contribution in [0.1, 0.15) is 24.0 Å². The van der Waals surface area contributed by atoms with E-state index in [1.54, 1.807) is 6.07 Å². The van der Waals surface area contributed by atoms with Crippen LogP contribution in [0, 0.1) is 11.3 Å². The molecule has 1 aliphatic heterocycles. The van der Waals surface area contributed by atoms with Crippen molar-refractivity contribution in [3.05, 3.63) is 64.7 Å². The van der Waals surface area contributed by atoms with Gasteiger partial charge >= 0.3 is 11.8 Å². The van der Waals surface area contributed by atoms with Crippen LogP contribution in [0.15, 0.2) is 48.5 Å². The molecule has 2 N–H and O–H groups in total. The molecule has 0 bridgehead atoms. The predicted octanol–water partition coefficient (Wildman–Crippen LogP) is 3.01. The fraction of sp³-hybridized carbons (Fsp3) is 0.286. The number of benzene rings is 2. The molecule has 28 heavy (non-hydrogen) atoms. The molecule has 0 aliphatic carbocycles. The minimum Gasteiger partial charge on any atom is -0.381 e. The molecule has 3 rings (SSSR count). The van der Waals surface area contributed by atoms with E-state index < -0.39 is 11.8 Å². The second-order valence-electron chi connectivity index (χ2n) is 6.70. The van der Waals surface area contributed by atoms with Crippen LogP contribution >= 0.6 is 11.6 Å². The minimum absolute atomic E-state index is 0.207. The first kappa shape index (κ1) is 19.9. The molecule has 1 saturated heterocycles. The van der Waals surface area contributed by atoms with E-state index in [-0.39, 0.29) is 16.7 Å². The van der Waals surface area contributed by atoms with Crippen LogP contribution in [0.5, 0.6) is 0 Å². The number of carbonyl (C=O) groups is 2. The van der Waals surface area contributed by atoms with Gasteiger partial charge in [0.2, 0.25) is 0 Å². The lowest BCUT2D eigenvalue weighted by Crippen LogP contribution is -2.47. The van der Waals surface area contributed by atoms with Gasteiger partial charge in [0.05, 0.1) is 11.3 Å². The van der Waals surface area contributed by atoms with Crippen LogP contribution < -0.4 is 10.6 Å². The molecule has 7 heteroatoms. The average Bonchev–Trinajstić information content (AvgIpc) is 2.73. The Morgan fingerprint density at radius 1 is 1.11 bits per heavy atom. The highest BCUT2D eigenvalue weighted by molar-refractivity contribution is 6.40. The maximum Gasteiger partial charge on any atom is 0.313 e. The van der Waals surface area contributed by atoms with Crippen molar-refractivity contribution in [3.8, 4) is 6.07 Å². The van der Waals surface area contributed by atoms with Crippen molar-refractivity contribution >= 4 is 29.1 Å². The van der Waals surface area contributed by atoms with E-state index in [1.165, 1.54) is 12.1 Å². The molecule has 0 spiro atoms. The maximum absolute atomic E-state index is 12.4. The van der Waals surface area contributed by atoms with Gasteiger partial charge in [0.1, 0.15) is 6.07 Å². The number of carbonyl (C=O) groups excluding carboxylic acids is 2. The van der Waals surface area contributed by atoms with Crippen LogP contribution in [-0.2, 0) is 19.7 Å². The van der Waals surface area contributed by atoms with Crippen molar-refractivity contribution in [1.82, 2.24) is 5.32 Å². The number of hydrogen-bond acceptors (Lipinski definition) is 4. The summed E-state index contributed by atoms with van der Waals surface area (Å²) in [6.45, 7) is 1.53. The summed E-state index contributed by atoms with van der Waals surface area (Å²) in [4.78, 5) is 24.7. The number of nitrogens with zero attached hydrogens (tertiary/aromatic N) is 1. The summed E-state index contributed by atoms with van der Waals surface area (Å²) in [5.74, 6) is -1.60. The molecule has 2 aromatic carbocycles. The van der Waals surface area contributed by atoms with Crippen molar-refractivity contribution in [2.75, 3.05) is 25.1 Å². The van der Waals surface area contributed by atoms with E-state index in [2.05, 4.69) is 10.6 Å². The van der Waals surface area contributed by atoms with Crippen LogP contribution in [0.25, 0.3) is 0 Å². The van der Waals surface area contributed by atoms with E-state index >= 15 is 0 Å². The number of rotatable bonds is 4. The molecule has 0 atom stereocenters. The zero-order valence-corrected chi connectivity index (χ0v) is 16.0. The largest absolute Gasteiger partial charge is 0.381 e. The van der Waals surface area contributed by atoms with Crippen molar-refractivity contribution < 1.29 is 14.3 Å². The molecule has 1 heterocycles. The third-order valence-corrected chi connectivity index (χ3v) is 5.21. The average molecular weight is 398 g/mol. The minimum atomic E-state index is -0.839. The fourth-order valence-electron chi connectivity index (χ4n) is 3.35. The number of ether oxygens (including phenoxy) is 1. The smallest absolute Gasteiger partial charge is 0.313 e. The monoisotopic (exact) mass is 397 g/mol.